The number of benzene rings is 1. The van der Waals surface area contributed by atoms with Crippen molar-refractivity contribution in [3.8, 4) is 22.1 Å². The summed E-state index contributed by atoms with van der Waals surface area (Å²) in [6, 6.07) is 5.75. The van der Waals surface area contributed by atoms with Crippen molar-refractivity contribution in [1.82, 2.24) is 4.98 Å². The van der Waals surface area contributed by atoms with Crippen LogP contribution < -0.4 is 9.47 Å². The fourth-order valence-corrected chi connectivity index (χ4v) is 2.28. The molecule has 0 radical (unpaired) electrons. The molecule has 0 spiro atoms. The standard InChI is InChI=1S/C12H13NO2S/c1-8-7-16-12(13-8)10-5-4-9(14-2)6-11(10)15-3/h4-7H,1-3H3. The lowest BCUT2D eigenvalue weighted by atomic mass is 10.2. The number of thiazole rings is 1. The number of rotatable bonds is 3. The molecule has 0 saturated heterocycles. The van der Waals surface area contributed by atoms with E-state index in [1.807, 2.05) is 30.5 Å². The monoisotopic (exact) mass is 235 g/mol. The molecule has 2 rings (SSSR count). The summed E-state index contributed by atoms with van der Waals surface area (Å²) in [5.74, 6) is 1.57. The van der Waals surface area contributed by atoms with Gasteiger partial charge in [0.2, 0.25) is 0 Å². The number of aromatic nitrogens is 1. The minimum absolute atomic E-state index is 0.786. The summed E-state index contributed by atoms with van der Waals surface area (Å²) in [7, 11) is 3.29. The molecule has 2 aromatic rings. The van der Waals surface area contributed by atoms with Crippen LogP contribution in [0.1, 0.15) is 5.69 Å². The SMILES string of the molecule is COc1ccc(-c2nc(C)cs2)c(OC)c1. The van der Waals surface area contributed by atoms with E-state index in [1.165, 1.54) is 0 Å². The Bertz CT molecular complexity index is 494. The van der Waals surface area contributed by atoms with Crippen LogP contribution in [-0.4, -0.2) is 19.2 Å². The van der Waals surface area contributed by atoms with Gasteiger partial charge in [0.1, 0.15) is 16.5 Å². The fourth-order valence-electron chi connectivity index (χ4n) is 1.45. The average molecular weight is 235 g/mol. The molecule has 1 aromatic heterocycles. The van der Waals surface area contributed by atoms with E-state index in [0.717, 1.165) is 27.8 Å². The van der Waals surface area contributed by atoms with Crippen LogP contribution >= 0.6 is 11.3 Å². The first-order valence-corrected chi connectivity index (χ1v) is 5.77. The quantitative estimate of drug-likeness (QED) is 0.819. The van der Waals surface area contributed by atoms with Gasteiger partial charge >= 0.3 is 0 Å². The molecular formula is C12H13NO2S. The van der Waals surface area contributed by atoms with E-state index in [2.05, 4.69) is 4.98 Å². The van der Waals surface area contributed by atoms with Gasteiger partial charge in [-0.3, -0.25) is 0 Å². The molecule has 0 amide bonds. The van der Waals surface area contributed by atoms with Crippen molar-refractivity contribution in [3.63, 3.8) is 0 Å². The summed E-state index contributed by atoms with van der Waals surface area (Å²) >= 11 is 1.61. The molecule has 0 aliphatic heterocycles. The topological polar surface area (TPSA) is 31.4 Å². The predicted octanol–water partition coefficient (Wildman–Crippen LogP) is 3.14. The van der Waals surface area contributed by atoms with E-state index in [1.54, 1.807) is 25.6 Å². The Balaban J connectivity index is 2.48. The molecule has 84 valence electrons. The van der Waals surface area contributed by atoms with E-state index < -0.39 is 0 Å². The van der Waals surface area contributed by atoms with Crippen molar-refractivity contribution in [1.29, 1.82) is 0 Å². The second kappa shape index (κ2) is 4.53. The Morgan fingerprint density at radius 2 is 2.00 bits per heavy atom. The zero-order valence-corrected chi connectivity index (χ0v) is 10.3. The van der Waals surface area contributed by atoms with Crippen molar-refractivity contribution in [2.45, 2.75) is 6.92 Å². The second-order valence-electron chi connectivity index (χ2n) is 3.36. The molecule has 0 saturated carbocycles. The van der Waals surface area contributed by atoms with Gasteiger partial charge in [-0.05, 0) is 19.1 Å². The van der Waals surface area contributed by atoms with Crippen LogP contribution in [0.5, 0.6) is 11.5 Å². The highest BCUT2D eigenvalue weighted by molar-refractivity contribution is 7.13. The lowest BCUT2D eigenvalue weighted by molar-refractivity contribution is 0.395. The van der Waals surface area contributed by atoms with Crippen molar-refractivity contribution in [2.24, 2.45) is 0 Å². The van der Waals surface area contributed by atoms with Crippen LogP contribution in [-0.2, 0) is 0 Å². The molecular weight excluding hydrogens is 222 g/mol. The Labute approximate surface area is 98.7 Å². The van der Waals surface area contributed by atoms with E-state index in [0.29, 0.717) is 0 Å². The molecule has 1 aromatic carbocycles. The average Bonchev–Trinajstić information content (AvgIpc) is 2.74. The smallest absolute Gasteiger partial charge is 0.132 e. The Kier molecular flexibility index (Phi) is 3.10. The Hall–Kier alpha value is -1.55. The highest BCUT2D eigenvalue weighted by atomic mass is 32.1. The maximum atomic E-state index is 5.34. The van der Waals surface area contributed by atoms with Crippen molar-refractivity contribution >= 4 is 11.3 Å². The first-order valence-electron chi connectivity index (χ1n) is 4.89. The summed E-state index contributed by atoms with van der Waals surface area (Å²) in [6.45, 7) is 1.98. The van der Waals surface area contributed by atoms with Gasteiger partial charge in [-0.1, -0.05) is 0 Å². The van der Waals surface area contributed by atoms with E-state index in [9.17, 15) is 0 Å². The van der Waals surface area contributed by atoms with Gasteiger partial charge in [0, 0.05) is 17.1 Å². The molecule has 3 nitrogen and oxygen atoms in total. The van der Waals surface area contributed by atoms with Gasteiger partial charge in [-0.15, -0.1) is 11.3 Å². The molecule has 0 aliphatic rings. The van der Waals surface area contributed by atoms with Gasteiger partial charge in [0.25, 0.3) is 0 Å². The molecule has 4 heteroatoms. The zero-order chi connectivity index (χ0) is 11.5. The number of hydrogen-bond donors (Lipinski definition) is 0. The molecule has 0 fully saturated rings. The molecule has 16 heavy (non-hydrogen) atoms. The highest BCUT2D eigenvalue weighted by Gasteiger charge is 2.10. The van der Waals surface area contributed by atoms with Crippen molar-refractivity contribution < 1.29 is 9.47 Å². The van der Waals surface area contributed by atoms with Gasteiger partial charge < -0.3 is 9.47 Å². The highest BCUT2D eigenvalue weighted by Crippen LogP contribution is 2.34. The molecule has 0 bridgehead atoms. The summed E-state index contributed by atoms with van der Waals surface area (Å²) < 4.78 is 10.5. The van der Waals surface area contributed by atoms with Gasteiger partial charge in [-0.25, -0.2) is 4.98 Å². The number of aryl methyl sites for hydroxylation is 1. The fraction of sp³-hybridized carbons (Fsp3) is 0.250. The third-order valence-electron chi connectivity index (χ3n) is 2.26. The van der Waals surface area contributed by atoms with Crippen LogP contribution in [0.2, 0.25) is 0 Å². The molecule has 0 N–H and O–H groups in total. The Morgan fingerprint density at radius 3 is 2.56 bits per heavy atom. The summed E-state index contributed by atoms with van der Waals surface area (Å²) in [5.41, 5.74) is 2.03. The third-order valence-corrected chi connectivity index (χ3v) is 3.25. The zero-order valence-electron chi connectivity index (χ0n) is 9.48. The first-order chi connectivity index (χ1) is 7.74. The number of nitrogens with zero attached hydrogens (tertiary/aromatic N) is 1. The lowest BCUT2D eigenvalue weighted by Gasteiger charge is -2.08. The molecule has 0 unspecified atom stereocenters. The maximum Gasteiger partial charge on any atom is 0.132 e. The predicted molar refractivity (Wildman–Crippen MR) is 65.4 cm³/mol. The summed E-state index contributed by atoms with van der Waals surface area (Å²) in [6.07, 6.45) is 0. The van der Waals surface area contributed by atoms with Gasteiger partial charge in [0.15, 0.2) is 0 Å². The molecule has 1 heterocycles. The molecule has 0 atom stereocenters. The lowest BCUT2D eigenvalue weighted by Crippen LogP contribution is -1.90. The largest absolute Gasteiger partial charge is 0.497 e. The number of ether oxygens (including phenoxy) is 2. The van der Waals surface area contributed by atoms with Gasteiger partial charge in [0.05, 0.1) is 19.8 Å². The Morgan fingerprint density at radius 1 is 1.19 bits per heavy atom. The summed E-state index contributed by atoms with van der Waals surface area (Å²) in [4.78, 5) is 4.44. The maximum absolute atomic E-state index is 5.34. The van der Waals surface area contributed by atoms with Crippen LogP contribution in [0.25, 0.3) is 10.6 Å². The van der Waals surface area contributed by atoms with E-state index in [4.69, 9.17) is 9.47 Å². The minimum atomic E-state index is 0.786. The number of hydrogen-bond acceptors (Lipinski definition) is 4. The normalized spacial score (nSPS) is 10.2. The second-order valence-corrected chi connectivity index (χ2v) is 4.22. The minimum Gasteiger partial charge on any atom is -0.497 e. The van der Waals surface area contributed by atoms with Crippen molar-refractivity contribution in [3.05, 3.63) is 29.3 Å². The number of methoxy groups -OCH3 is 2. The third kappa shape index (κ3) is 2.02. The van der Waals surface area contributed by atoms with Crippen molar-refractivity contribution in [2.75, 3.05) is 14.2 Å². The first kappa shape index (κ1) is 11.0. The van der Waals surface area contributed by atoms with Crippen LogP contribution in [0.4, 0.5) is 0 Å². The van der Waals surface area contributed by atoms with Crippen LogP contribution in [0, 0.1) is 6.92 Å². The van der Waals surface area contributed by atoms with Gasteiger partial charge in [-0.2, -0.15) is 0 Å². The van der Waals surface area contributed by atoms with Crippen LogP contribution in [0.3, 0.4) is 0 Å². The molecule has 0 aliphatic carbocycles. The summed E-state index contributed by atoms with van der Waals surface area (Å²) in [5, 5.41) is 3.00. The van der Waals surface area contributed by atoms with E-state index in [-0.39, 0.29) is 0 Å². The van der Waals surface area contributed by atoms with E-state index >= 15 is 0 Å². The van der Waals surface area contributed by atoms with Crippen LogP contribution in [0.15, 0.2) is 23.6 Å².